The quantitative estimate of drug-likeness (QED) is 0.550. The number of fused-ring (bicyclic) bond motifs is 1. The minimum absolute atomic E-state index is 0. The summed E-state index contributed by atoms with van der Waals surface area (Å²) in [6, 6.07) is 6.68. The van der Waals surface area contributed by atoms with E-state index >= 15 is 0 Å². The van der Waals surface area contributed by atoms with E-state index in [4.69, 9.17) is 5.11 Å². The van der Waals surface area contributed by atoms with Crippen molar-refractivity contribution in [2.75, 3.05) is 6.61 Å². The molecule has 0 bridgehead atoms. The number of aliphatic hydroxyl groups excluding tert-OH is 1. The van der Waals surface area contributed by atoms with Crippen molar-refractivity contribution in [3.05, 3.63) is 35.4 Å². The zero-order valence-electron chi connectivity index (χ0n) is 12.4. The molecule has 21 heavy (non-hydrogen) atoms. The van der Waals surface area contributed by atoms with Crippen molar-refractivity contribution in [1.82, 2.24) is 5.32 Å². The van der Waals surface area contributed by atoms with Crippen LogP contribution in [0, 0.1) is 5.41 Å². The van der Waals surface area contributed by atoms with Crippen molar-refractivity contribution >= 4 is 11.9 Å². The Morgan fingerprint density at radius 3 is 2.29 bits per heavy atom. The van der Waals surface area contributed by atoms with Crippen molar-refractivity contribution in [3.63, 3.8) is 0 Å². The number of aliphatic hydroxyl groups is 1. The van der Waals surface area contributed by atoms with Crippen LogP contribution in [0.4, 0.5) is 0 Å². The van der Waals surface area contributed by atoms with Gasteiger partial charge in [-0.25, -0.2) is 0 Å². The third-order valence-electron chi connectivity index (χ3n) is 3.84. The average molecular weight is 315 g/mol. The molecule has 0 radical (unpaired) electrons. The predicted octanol–water partition coefficient (Wildman–Crippen LogP) is -3.59. The van der Waals surface area contributed by atoms with Gasteiger partial charge in [0.1, 0.15) is 0 Å². The number of carboxylic acids is 1. The normalized spacial score (nSPS) is 16.5. The van der Waals surface area contributed by atoms with Gasteiger partial charge in [0.15, 0.2) is 0 Å². The third kappa shape index (κ3) is 4.37. The molecular formula is C15H18KNO4. The van der Waals surface area contributed by atoms with Crippen molar-refractivity contribution in [2.45, 2.75) is 32.2 Å². The standard InChI is InChI=1S/C15H19NO4.K/c1-15(8-10-4-2-3-5-11(10)9-15)14(20)16-12(6-7-17)13(18)19;/h2-5,12,17H,6-9H2,1H3,(H,16,20)(H,18,19);/q;+1/p-1/t12-;/m0./s1. The van der Waals surface area contributed by atoms with E-state index in [-0.39, 0.29) is 70.3 Å². The number of carbonyl (C=O) groups excluding carboxylic acids is 2. The summed E-state index contributed by atoms with van der Waals surface area (Å²) >= 11 is 0. The van der Waals surface area contributed by atoms with Gasteiger partial charge in [0.05, 0.1) is 17.4 Å². The minimum atomic E-state index is -1.37. The maximum absolute atomic E-state index is 12.3. The summed E-state index contributed by atoms with van der Waals surface area (Å²) in [5, 5.41) is 22.2. The summed E-state index contributed by atoms with van der Waals surface area (Å²) < 4.78 is 0. The molecule has 2 rings (SSSR count). The Morgan fingerprint density at radius 1 is 1.33 bits per heavy atom. The first-order chi connectivity index (χ1) is 9.46. The Bertz CT molecular complexity index is 507. The van der Waals surface area contributed by atoms with Gasteiger partial charge in [-0.1, -0.05) is 31.2 Å². The van der Waals surface area contributed by atoms with Crippen LogP contribution in [0.1, 0.15) is 24.5 Å². The van der Waals surface area contributed by atoms with E-state index in [1.165, 1.54) is 0 Å². The van der Waals surface area contributed by atoms with Crippen molar-refractivity contribution < 1.29 is 71.2 Å². The molecule has 0 spiro atoms. The Balaban J connectivity index is 0.00000220. The largest absolute Gasteiger partial charge is 1.00 e. The molecule has 2 N–H and O–H groups in total. The molecule has 1 aromatic carbocycles. The van der Waals surface area contributed by atoms with Gasteiger partial charge in [-0.3, -0.25) is 4.79 Å². The molecule has 1 amide bonds. The Kier molecular flexibility index (Phi) is 7.03. The number of amides is 1. The van der Waals surface area contributed by atoms with Crippen molar-refractivity contribution in [2.24, 2.45) is 5.41 Å². The molecule has 1 aliphatic rings. The van der Waals surface area contributed by atoms with Gasteiger partial charge in [0, 0.05) is 6.61 Å². The van der Waals surface area contributed by atoms with Crippen LogP contribution in [0.2, 0.25) is 0 Å². The first-order valence-corrected chi connectivity index (χ1v) is 6.66. The van der Waals surface area contributed by atoms with Gasteiger partial charge >= 0.3 is 51.4 Å². The maximum Gasteiger partial charge on any atom is 1.00 e. The Hall–Kier alpha value is -0.244. The number of carbonyl (C=O) groups is 2. The fourth-order valence-corrected chi connectivity index (χ4v) is 2.68. The van der Waals surface area contributed by atoms with E-state index in [1.54, 1.807) is 0 Å². The molecule has 0 fully saturated rings. The summed E-state index contributed by atoms with van der Waals surface area (Å²) in [6.45, 7) is 1.52. The Labute approximate surface area is 166 Å². The fraction of sp³-hybridized carbons (Fsp3) is 0.467. The van der Waals surface area contributed by atoms with Crippen molar-refractivity contribution in [1.29, 1.82) is 0 Å². The average Bonchev–Trinajstić information content (AvgIpc) is 2.75. The molecule has 1 atom stereocenters. The zero-order chi connectivity index (χ0) is 14.8. The van der Waals surface area contributed by atoms with E-state index < -0.39 is 17.4 Å². The molecule has 0 unspecified atom stereocenters. The molecule has 0 saturated carbocycles. The third-order valence-corrected chi connectivity index (χ3v) is 3.84. The van der Waals surface area contributed by atoms with Gasteiger partial charge in [-0.15, -0.1) is 0 Å². The van der Waals surface area contributed by atoms with Gasteiger partial charge in [0.25, 0.3) is 0 Å². The van der Waals surface area contributed by atoms with E-state index in [1.807, 2.05) is 31.2 Å². The van der Waals surface area contributed by atoms with Crippen LogP contribution in [0.15, 0.2) is 24.3 Å². The fourth-order valence-electron chi connectivity index (χ4n) is 2.68. The van der Waals surface area contributed by atoms with Crippen LogP contribution in [0.25, 0.3) is 0 Å². The number of aliphatic carboxylic acids is 1. The molecule has 6 heteroatoms. The molecule has 5 nitrogen and oxygen atoms in total. The van der Waals surface area contributed by atoms with E-state index in [0.717, 1.165) is 11.1 Å². The van der Waals surface area contributed by atoms with Crippen LogP contribution in [0.3, 0.4) is 0 Å². The molecule has 0 aliphatic heterocycles. The first kappa shape index (κ1) is 18.8. The van der Waals surface area contributed by atoms with E-state index in [2.05, 4.69) is 5.32 Å². The Morgan fingerprint density at radius 2 is 1.86 bits per heavy atom. The summed E-state index contributed by atoms with van der Waals surface area (Å²) in [6.07, 6.45) is 1.14. The van der Waals surface area contributed by atoms with Gasteiger partial charge in [-0.2, -0.15) is 0 Å². The molecule has 0 saturated heterocycles. The van der Waals surface area contributed by atoms with Crippen LogP contribution in [-0.4, -0.2) is 29.6 Å². The summed E-state index contributed by atoms with van der Waals surface area (Å²) in [4.78, 5) is 23.3. The smallest absolute Gasteiger partial charge is 0.548 e. The summed E-state index contributed by atoms with van der Waals surface area (Å²) in [5.74, 6) is -1.68. The van der Waals surface area contributed by atoms with Crippen LogP contribution in [0.5, 0.6) is 0 Å². The second-order valence-electron chi connectivity index (χ2n) is 5.54. The topological polar surface area (TPSA) is 89.5 Å². The number of nitrogens with one attached hydrogen (secondary N) is 1. The van der Waals surface area contributed by atoms with Crippen LogP contribution >= 0.6 is 0 Å². The SMILES string of the molecule is CC1(C(=O)N[C@@H](CCO)C(=O)[O-])Cc2ccccc2C1.[K+]. The first-order valence-electron chi connectivity index (χ1n) is 6.66. The minimum Gasteiger partial charge on any atom is -0.548 e. The van der Waals surface area contributed by atoms with Gasteiger partial charge in [-0.05, 0) is 30.4 Å². The van der Waals surface area contributed by atoms with E-state index in [9.17, 15) is 14.7 Å². The summed E-state index contributed by atoms with van der Waals surface area (Å²) in [7, 11) is 0. The van der Waals surface area contributed by atoms with Gasteiger partial charge < -0.3 is 20.3 Å². The van der Waals surface area contributed by atoms with Crippen LogP contribution in [-0.2, 0) is 22.4 Å². The molecular weight excluding hydrogens is 297 g/mol. The van der Waals surface area contributed by atoms with E-state index in [0.29, 0.717) is 12.8 Å². The number of hydrogen-bond donors (Lipinski definition) is 2. The monoisotopic (exact) mass is 315 g/mol. The molecule has 108 valence electrons. The summed E-state index contributed by atoms with van der Waals surface area (Å²) in [5.41, 5.74) is 1.60. The second-order valence-corrected chi connectivity index (χ2v) is 5.54. The van der Waals surface area contributed by atoms with Crippen molar-refractivity contribution in [3.8, 4) is 0 Å². The molecule has 1 aromatic rings. The maximum atomic E-state index is 12.3. The number of rotatable bonds is 5. The number of benzene rings is 1. The molecule has 0 aromatic heterocycles. The predicted molar refractivity (Wildman–Crippen MR) is 70.6 cm³/mol. The second kappa shape index (κ2) is 7.85. The number of carboxylic acid groups (broad SMARTS) is 1. The molecule has 1 aliphatic carbocycles. The zero-order valence-corrected chi connectivity index (χ0v) is 15.5. The molecule has 0 heterocycles. The van der Waals surface area contributed by atoms with Gasteiger partial charge in [0.2, 0.25) is 5.91 Å². The number of hydrogen-bond acceptors (Lipinski definition) is 4. The van der Waals surface area contributed by atoms with Crippen LogP contribution < -0.4 is 61.8 Å².